The number of aliphatic hydroxyl groups is 1. The van der Waals surface area contributed by atoms with E-state index in [4.69, 9.17) is 9.84 Å². The number of amides is 1. The fourth-order valence-corrected chi connectivity index (χ4v) is 2.45. The van der Waals surface area contributed by atoms with Crippen LogP contribution in [0.5, 0.6) is 5.75 Å². The van der Waals surface area contributed by atoms with Crippen LogP contribution in [-0.2, 0) is 19.6 Å². The highest BCUT2D eigenvalue weighted by molar-refractivity contribution is 5.94. The number of carbonyl (C=O) groups excluding carboxylic acids is 1. The van der Waals surface area contributed by atoms with Gasteiger partial charge < -0.3 is 15.2 Å². The molecule has 2 aromatic rings. The third-order valence-corrected chi connectivity index (χ3v) is 3.58. The van der Waals surface area contributed by atoms with E-state index in [-0.39, 0.29) is 12.5 Å². The van der Waals surface area contributed by atoms with Gasteiger partial charge >= 0.3 is 0 Å². The third-order valence-electron chi connectivity index (χ3n) is 3.58. The van der Waals surface area contributed by atoms with Crippen LogP contribution >= 0.6 is 0 Å². The Morgan fingerprint density at radius 1 is 1.19 bits per heavy atom. The first kappa shape index (κ1) is 13.6. The van der Waals surface area contributed by atoms with E-state index in [0.29, 0.717) is 18.7 Å². The zero-order valence-electron chi connectivity index (χ0n) is 11.6. The molecule has 0 aromatic heterocycles. The lowest BCUT2D eigenvalue weighted by Crippen LogP contribution is -2.22. The van der Waals surface area contributed by atoms with Gasteiger partial charge in [-0.15, -0.1) is 0 Å². The number of carbonyl (C=O) groups is 1. The Kier molecular flexibility index (Phi) is 3.88. The predicted octanol–water partition coefficient (Wildman–Crippen LogP) is 2.04. The molecule has 3 rings (SSSR count). The number of nitrogens with one attached hydrogen (secondary N) is 1. The molecule has 2 aromatic carbocycles. The largest absolute Gasteiger partial charge is 0.493 e. The summed E-state index contributed by atoms with van der Waals surface area (Å²) in [5.41, 5.74) is 3.55. The molecular weight excluding hydrogens is 266 g/mol. The van der Waals surface area contributed by atoms with E-state index in [2.05, 4.69) is 5.32 Å². The second kappa shape index (κ2) is 5.97. The predicted molar refractivity (Wildman–Crippen MR) is 79.2 cm³/mol. The van der Waals surface area contributed by atoms with Gasteiger partial charge in [-0.25, -0.2) is 0 Å². The zero-order valence-corrected chi connectivity index (χ0v) is 11.6. The van der Waals surface area contributed by atoms with Gasteiger partial charge in [0.25, 0.3) is 5.91 Å². The van der Waals surface area contributed by atoms with Gasteiger partial charge in [0.1, 0.15) is 5.75 Å². The number of aliphatic hydroxyl groups excluding tert-OH is 1. The minimum atomic E-state index is -0.0981. The minimum Gasteiger partial charge on any atom is -0.493 e. The van der Waals surface area contributed by atoms with E-state index >= 15 is 0 Å². The summed E-state index contributed by atoms with van der Waals surface area (Å²) in [6.45, 7) is 1.14. The molecule has 21 heavy (non-hydrogen) atoms. The van der Waals surface area contributed by atoms with E-state index in [0.717, 1.165) is 28.9 Å². The molecule has 0 bridgehead atoms. The molecule has 0 aliphatic carbocycles. The van der Waals surface area contributed by atoms with Gasteiger partial charge in [0, 0.05) is 18.5 Å². The topological polar surface area (TPSA) is 58.6 Å². The molecule has 0 spiro atoms. The third kappa shape index (κ3) is 3.06. The van der Waals surface area contributed by atoms with Gasteiger partial charge in [-0.2, -0.15) is 0 Å². The first-order valence-electron chi connectivity index (χ1n) is 6.99. The van der Waals surface area contributed by atoms with Crippen molar-refractivity contribution in [3.05, 3.63) is 64.7 Å². The quantitative estimate of drug-likeness (QED) is 0.903. The second-order valence-corrected chi connectivity index (χ2v) is 5.08. The molecule has 0 fully saturated rings. The molecule has 1 heterocycles. The SMILES string of the molecule is O=C(NCc1cccc(CO)c1)c1ccc2c(c1)CCO2. The Bertz CT molecular complexity index is 667. The normalized spacial score (nSPS) is 12.6. The van der Waals surface area contributed by atoms with Crippen LogP contribution in [0.1, 0.15) is 27.0 Å². The number of benzene rings is 2. The van der Waals surface area contributed by atoms with Gasteiger partial charge in [0.05, 0.1) is 13.2 Å². The number of fused-ring (bicyclic) bond motifs is 1. The van der Waals surface area contributed by atoms with Crippen molar-refractivity contribution in [3.63, 3.8) is 0 Å². The highest BCUT2D eigenvalue weighted by atomic mass is 16.5. The Morgan fingerprint density at radius 3 is 2.90 bits per heavy atom. The molecule has 4 heteroatoms. The Balaban J connectivity index is 1.66. The maximum atomic E-state index is 12.2. The van der Waals surface area contributed by atoms with E-state index in [1.54, 1.807) is 6.07 Å². The van der Waals surface area contributed by atoms with Crippen molar-refractivity contribution in [2.75, 3.05) is 6.61 Å². The van der Waals surface area contributed by atoms with Crippen molar-refractivity contribution in [2.45, 2.75) is 19.6 Å². The summed E-state index contributed by atoms with van der Waals surface area (Å²) in [5, 5.41) is 12.0. The first-order chi connectivity index (χ1) is 10.3. The van der Waals surface area contributed by atoms with Crippen LogP contribution < -0.4 is 10.1 Å². The number of rotatable bonds is 4. The number of hydrogen-bond donors (Lipinski definition) is 2. The number of hydrogen-bond acceptors (Lipinski definition) is 3. The summed E-state index contributed by atoms with van der Waals surface area (Å²) in [6, 6.07) is 13.1. The molecular formula is C17H17NO3. The highest BCUT2D eigenvalue weighted by Crippen LogP contribution is 2.25. The molecule has 1 aliphatic rings. The van der Waals surface area contributed by atoms with E-state index in [9.17, 15) is 4.79 Å². The first-order valence-corrected chi connectivity index (χ1v) is 6.99. The second-order valence-electron chi connectivity index (χ2n) is 5.08. The summed E-state index contributed by atoms with van der Waals surface area (Å²) in [7, 11) is 0. The van der Waals surface area contributed by atoms with Crippen LogP contribution in [0.4, 0.5) is 0 Å². The highest BCUT2D eigenvalue weighted by Gasteiger charge is 2.14. The van der Waals surface area contributed by atoms with Gasteiger partial charge in [-0.1, -0.05) is 24.3 Å². The number of ether oxygens (including phenoxy) is 1. The molecule has 4 nitrogen and oxygen atoms in total. The average Bonchev–Trinajstić information content (AvgIpc) is 3.00. The lowest BCUT2D eigenvalue weighted by molar-refractivity contribution is 0.0951. The standard InChI is InChI=1S/C17H17NO3/c19-11-13-3-1-2-12(8-13)10-18-17(20)15-4-5-16-14(9-15)6-7-21-16/h1-5,8-9,19H,6-7,10-11H2,(H,18,20). The summed E-state index contributed by atoms with van der Waals surface area (Å²) >= 11 is 0. The minimum absolute atomic E-state index is 0.00656. The van der Waals surface area contributed by atoms with Crippen LogP contribution in [0.15, 0.2) is 42.5 Å². The smallest absolute Gasteiger partial charge is 0.251 e. The van der Waals surface area contributed by atoms with Crippen LogP contribution in [0.2, 0.25) is 0 Å². The van der Waals surface area contributed by atoms with Crippen molar-refractivity contribution < 1.29 is 14.6 Å². The van der Waals surface area contributed by atoms with Gasteiger partial charge in [0.15, 0.2) is 0 Å². The van der Waals surface area contributed by atoms with Gasteiger partial charge in [-0.3, -0.25) is 4.79 Å². The molecule has 0 saturated heterocycles. The lowest BCUT2D eigenvalue weighted by Gasteiger charge is -2.07. The van der Waals surface area contributed by atoms with E-state index < -0.39 is 0 Å². The zero-order chi connectivity index (χ0) is 14.7. The molecule has 0 unspecified atom stereocenters. The van der Waals surface area contributed by atoms with Crippen LogP contribution in [0, 0.1) is 0 Å². The molecule has 0 atom stereocenters. The summed E-state index contributed by atoms with van der Waals surface area (Å²) in [6.07, 6.45) is 0.856. The molecule has 1 aliphatic heterocycles. The molecule has 108 valence electrons. The van der Waals surface area contributed by atoms with Crippen molar-refractivity contribution in [3.8, 4) is 5.75 Å². The fraction of sp³-hybridized carbons (Fsp3) is 0.235. The summed E-state index contributed by atoms with van der Waals surface area (Å²) < 4.78 is 5.43. The van der Waals surface area contributed by atoms with Crippen LogP contribution in [0.25, 0.3) is 0 Å². The molecule has 0 saturated carbocycles. The van der Waals surface area contributed by atoms with Crippen molar-refractivity contribution in [2.24, 2.45) is 0 Å². The molecule has 0 radical (unpaired) electrons. The Labute approximate surface area is 123 Å². The van der Waals surface area contributed by atoms with Gasteiger partial charge in [0.2, 0.25) is 0 Å². The van der Waals surface area contributed by atoms with E-state index in [1.807, 2.05) is 36.4 Å². The maximum absolute atomic E-state index is 12.2. The van der Waals surface area contributed by atoms with Gasteiger partial charge in [-0.05, 0) is 34.9 Å². The molecule has 1 amide bonds. The average molecular weight is 283 g/mol. The summed E-state index contributed by atoms with van der Waals surface area (Å²) in [4.78, 5) is 12.2. The van der Waals surface area contributed by atoms with Crippen molar-refractivity contribution in [1.82, 2.24) is 5.32 Å². The summed E-state index contributed by atoms with van der Waals surface area (Å²) in [5.74, 6) is 0.779. The lowest BCUT2D eigenvalue weighted by atomic mass is 10.1. The maximum Gasteiger partial charge on any atom is 0.251 e. The fourth-order valence-electron chi connectivity index (χ4n) is 2.45. The monoisotopic (exact) mass is 283 g/mol. The van der Waals surface area contributed by atoms with Crippen LogP contribution in [-0.4, -0.2) is 17.6 Å². The van der Waals surface area contributed by atoms with Crippen LogP contribution in [0.3, 0.4) is 0 Å². The van der Waals surface area contributed by atoms with Crippen molar-refractivity contribution in [1.29, 1.82) is 0 Å². The molecule has 2 N–H and O–H groups in total. The van der Waals surface area contributed by atoms with E-state index in [1.165, 1.54) is 0 Å². The Morgan fingerprint density at radius 2 is 2.05 bits per heavy atom. The van der Waals surface area contributed by atoms with Crippen molar-refractivity contribution >= 4 is 5.91 Å². The Hall–Kier alpha value is -2.33.